The summed E-state index contributed by atoms with van der Waals surface area (Å²) < 4.78 is 11.3. The summed E-state index contributed by atoms with van der Waals surface area (Å²) >= 11 is 0. The maximum Gasteiger partial charge on any atom is 0.274 e. The zero-order valence-corrected chi connectivity index (χ0v) is 11.9. The molecule has 104 valence electrons. The quantitative estimate of drug-likeness (QED) is 0.847. The van der Waals surface area contributed by atoms with Crippen molar-refractivity contribution >= 4 is 22.4 Å². The van der Waals surface area contributed by atoms with E-state index in [4.69, 9.17) is 5.73 Å². The van der Waals surface area contributed by atoms with Gasteiger partial charge in [0.05, 0.1) is 11.9 Å². The molecule has 1 aliphatic heterocycles. The highest BCUT2D eigenvalue weighted by Gasteiger charge is 2.24. The first kappa shape index (κ1) is 13.9. The monoisotopic (exact) mass is 282 g/mol. The number of carbonyl (C=O) groups is 1. The number of anilines is 1. The summed E-state index contributed by atoms with van der Waals surface area (Å²) in [5.74, 6) is 1.60. The second-order valence-corrected chi connectivity index (χ2v) is 6.52. The van der Waals surface area contributed by atoms with Crippen LogP contribution in [0.5, 0.6) is 0 Å². The number of nitrogens with zero attached hydrogens (tertiary/aromatic N) is 3. The van der Waals surface area contributed by atoms with Crippen molar-refractivity contribution in [1.29, 1.82) is 0 Å². The van der Waals surface area contributed by atoms with E-state index in [1.54, 1.807) is 4.90 Å². The number of carbonyl (C=O) groups excluding carboxylic acids is 1. The average molecular weight is 282 g/mol. The summed E-state index contributed by atoms with van der Waals surface area (Å²) in [5.41, 5.74) is 6.34. The maximum atomic E-state index is 12.4. The van der Waals surface area contributed by atoms with Crippen LogP contribution >= 0.6 is 0 Å². The predicted molar refractivity (Wildman–Crippen MR) is 74.3 cm³/mol. The van der Waals surface area contributed by atoms with Crippen molar-refractivity contribution in [2.45, 2.75) is 19.8 Å². The van der Waals surface area contributed by atoms with Crippen LogP contribution in [0, 0.1) is 0 Å². The highest BCUT2D eigenvalue weighted by molar-refractivity contribution is 7.85. The summed E-state index contributed by atoms with van der Waals surface area (Å²) in [4.78, 5) is 22.4. The number of hydrogen-bond acceptors (Lipinski definition) is 5. The summed E-state index contributed by atoms with van der Waals surface area (Å²) in [6, 6.07) is 0. The Hall–Kier alpha value is -1.50. The third kappa shape index (κ3) is 3.09. The molecule has 1 aromatic rings. The van der Waals surface area contributed by atoms with Gasteiger partial charge in [-0.1, -0.05) is 13.8 Å². The molecule has 0 aromatic carbocycles. The first-order valence-corrected chi connectivity index (χ1v) is 7.74. The summed E-state index contributed by atoms with van der Waals surface area (Å²) in [6.45, 7) is 4.91. The van der Waals surface area contributed by atoms with Crippen molar-refractivity contribution in [3.8, 4) is 0 Å². The number of hydrogen-bond donors (Lipinski definition) is 1. The van der Waals surface area contributed by atoms with E-state index in [1.807, 2.05) is 13.8 Å². The lowest BCUT2D eigenvalue weighted by atomic mass is 10.2. The van der Waals surface area contributed by atoms with E-state index in [0.717, 1.165) is 0 Å². The molecule has 0 spiro atoms. The van der Waals surface area contributed by atoms with Crippen LogP contribution in [0.25, 0.3) is 0 Å². The summed E-state index contributed by atoms with van der Waals surface area (Å²) in [7, 11) is -0.809. The van der Waals surface area contributed by atoms with E-state index < -0.39 is 10.8 Å². The van der Waals surface area contributed by atoms with Crippen molar-refractivity contribution in [3.63, 3.8) is 0 Å². The van der Waals surface area contributed by atoms with Crippen molar-refractivity contribution in [2.75, 3.05) is 30.3 Å². The van der Waals surface area contributed by atoms with Crippen LogP contribution in [0.2, 0.25) is 0 Å². The maximum absolute atomic E-state index is 12.4. The molecule has 0 radical (unpaired) electrons. The van der Waals surface area contributed by atoms with Gasteiger partial charge in [0.15, 0.2) is 5.69 Å². The SMILES string of the molecule is CC(C)c1ncc(N)c(C(=O)N2CCS(=O)CC2)n1. The largest absolute Gasteiger partial charge is 0.396 e. The van der Waals surface area contributed by atoms with Crippen LogP contribution in [-0.2, 0) is 10.8 Å². The van der Waals surface area contributed by atoms with E-state index in [2.05, 4.69) is 9.97 Å². The lowest BCUT2D eigenvalue weighted by Gasteiger charge is -2.26. The van der Waals surface area contributed by atoms with Crippen molar-refractivity contribution < 1.29 is 9.00 Å². The van der Waals surface area contributed by atoms with Crippen LogP contribution in [0.1, 0.15) is 36.1 Å². The highest BCUT2D eigenvalue weighted by Crippen LogP contribution is 2.16. The molecule has 0 bridgehead atoms. The van der Waals surface area contributed by atoms with Gasteiger partial charge in [0.1, 0.15) is 5.82 Å². The first-order valence-electron chi connectivity index (χ1n) is 6.25. The molecule has 1 aromatic heterocycles. The van der Waals surface area contributed by atoms with E-state index in [-0.39, 0.29) is 17.5 Å². The number of aromatic nitrogens is 2. The molecule has 1 fully saturated rings. The molecule has 2 N–H and O–H groups in total. The smallest absolute Gasteiger partial charge is 0.274 e. The van der Waals surface area contributed by atoms with Gasteiger partial charge in [-0.05, 0) is 0 Å². The molecule has 6 nitrogen and oxygen atoms in total. The fraction of sp³-hybridized carbons (Fsp3) is 0.583. The standard InChI is InChI=1S/C12H18N4O2S/c1-8(2)11-14-7-9(13)10(15-11)12(17)16-3-5-19(18)6-4-16/h7-8H,3-6,13H2,1-2H3. The van der Waals surface area contributed by atoms with E-state index in [9.17, 15) is 9.00 Å². The molecule has 2 rings (SSSR count). The Kier molecular flexibility index (Phi) is 4.14. The van der Waals surface area contributed by atoms with Crippen molar-refractivity contribution in [1.82, 2.24) is 14.9 Å². The minimum Gasteiger partial charge on any atom is -0.396 e. The second kappa shape index (κ2) is 5.64. The van der Waals surface area contributed by atoms with Gasteiger partial charge in [-0.2, -0.15) is 0 Å². The Morgan fingerprint density at radius 1 is 1.42 bits per heavy atom. The molecule has 1 amide bonds. The van der Waals surface area contributed by atoms with Gasteiger partial charge in [0, 0.05) is 41.3 Å². The Labute approximate surface area is 114 Å². The molecule has 19 heavy (non-hydrogen) atoms. The van der Waals surface area contributed by atoms with E-state index in [0.29, 0.717) is 36.1 Å². The van der Waals surface area contributed by atoms with Gasteiger partial charge < -0.3 is 10.6 Å². The molecule has 0 saturated carbocycles. The van der Waals surface area contributed by atoms with Crippen molar-refractivity contribution in [3.05, 3.63) is 17.7 Å². The minimum atomic E-state index is -0.809. The molecule has 2 heterocycles. The fourth-order valence-corrected chi connectivity index (χ4v) is 2.90. The lowest BCUT2D eigenvalue weighted by molar-refractivity contribution is 0.0766. The topological polar surface area (TPSA) is 89.2 Å². The normalized spacial score (nSPS) is 16.9. The third-order valence-corrected chi connectivity index (χ3v) is 4.30. The van der Waals surface area contributed by atoms with Gasteiger partial charge in [-0.15, -0.1) is 0 Å². The van der Waals surface area contributed by atoms with Gasteiger partial charge in [-0.3, -0.25) is 9.00 Å². The summed E-state index contributed by atoms with van der Waals surface area (Å²) in [6.07, 6.45) is 1.48. The Morgan fingerprint density at radius 3 is 2.63 bits per heavy atom. The number of rotatable bonds is 2. The van der Waals surface area contributed by atoms with Crippen LogP contribution in [-0.4, -0.2) is 49.6 Å². The first-order chi connectivity index (χ1) is 8.99. The van der Waals surface area contributed by atoms with E-state index >= 15 is 0 Å². The van der Waals surface area contributed by atoms with Crippen LogP contribution in [0.4, 0.5) is 5.69 Å². The molecule has 1 aliphatic rings. The van der Waals surface area contributed by atoms with Gasteiger partial charge in [0.2, 0.25) is 0 Å². The molecular weight excluding hydrogens is 264 g/mol. The number of nitrogen functional groups attached to an aromatic ring is 1. The Balaban J connectivity index is 2.23. The predicted octanol–water partition coefficient (Wildman–Crippen LogP) is 0.387. The van der Waals surface area contributed by atoms with Crippen LogP contribution < -0.4 is 5.73 Å². The Morgan fingerprint density at radius 2 is 2.05 bits per heavy atom. The molecular formula is C12H18N4O2S. The van der Waals surface area contributed by atoms with Gasteiger partial charge in [-0.25, -0.2) is 9.97 Å². The molecule has 0 atom stereocenters. The molecule has 0 unspecified atom stereocenters. The zero-order chi connectivity index (χ0) is 14.0. The molecule has 0 aliphatic carbocycles. The summed E-state index contributed by atoms with van der Waals surface area (Å²) in [5, 5.41) is 0. The Bertz CT molecular complexity index is 508. The number of nitrogens with two attached hydrogens (primary N) is 1. The van der Waals surface area contributed by atoms with Crippen LogP contribution in [0.3, 0.4) is 0 Å². The number of amides is 1. The van der Waals surface area contributed by atoms with Crippen molar-refractivity contribution in [2.24, 2.45) is 0 Å². The fourth-order valence-electron chi connectivity index (χ4n) is 1.85. The van der Waals surface area contributed by atoms with E-state index in [1.165, 1.54) is 6.20 Å². The highest BCUT2D eigenvalue weighted by atomic mass is 32.2. The van der Waals surface area contributed by atoms with Crippen LogP contribution in [0.15, 0.2) is 6.20 Å². The lowest BCUT2D eigenvalue weighted by Crippen LogP contribution is -2.42. The average Bonchev–Trinajstić information content (AvgIpc) is 2.39. The molecule has 7 heteroatoms. The van der Waals surface area contributed by atoms with Gasteiger partial charge in [0.25, 0.3) is 5.91 Å². The second-order valence-electron chi connectivity index (χ2n) is 4.83. The van der Waals surface area contributed by atoms with Gasteiger partial charge >= 0.3 is 0 Å². The molecule has 1 saturated heterocycles. The third-order valence-electron chi connectivity index (χ3n) is 3.02. The minimum absolute atomic E-state index is 0.140. The zero-order valence-electron chi connectivity index (χ0n) is 11.1.